The zero-order valence-electron chi connectivity index (χ0n) is 11.4. The average molecular weight is 340 g/mol. The van der Waals surface area contributed by atoms with Crippen molar-refractivity contribution in [1.29, 1.82) is 0 Å². The fourth-order valence-corrected chi connectivity index (χ4v) is 3.47. The predicted octanol–water partition coefficient (Wildman–Crippen LogP) is 3.82. The molecule has 3 nitrogen and oxygen atoms in total. The minimum absolute atomic E-state index is 0.293. The van der Waals surface area contributed by atoms with E-state index in [2.05, 4.69) is 62.6 Å². The smallest absolute Gasteiger partial charge is 0.133 e. The molecule has 0 aliphatic carbocycles. The van der Waals surface area contributed by atoms with Gasteiger partial charge in [0, 0.05) is 39.6 Å². The van der Waals surface area contributed by atoms with Gasteiger partial charge in [0.05, 0.1) is 6.54 Å². The van der Waals surface area contributed by atoms with Crippen molar-refractivity contribution < 1.29 is 0 Å². The van der Waals surface area contributed by atoms with Crippen molar-refractivity contribution in [3.8, 4) is 0 Å². The van der Waals surface area contributed by atoms with Gasteiger partial charge in [0.15, 0.2) is 0 Å². The minimum atomic E-state index is 0.293. The predicted molar refractivity (Wildman–Crippen MR) is 85.8 cm³/mol. The Labute approximate surface area is 126 Å². The number of nitrogens with zero attached hydrogens (tertiary/aromatic N) is 2. The summed E-state index contributed by atoms with van der Waals surface area (Å²) in [5.74, 6) is 1.04. The highest BCUT2D eigenvalue weighted by molar-refractivity contribution is 9.10. The topological polar surface area (TPSA) is 28.2 Å². The van der Waals surface area contributed by atoms with E-state index in [0.717, 1.165) is 16.8 Å². The maximum atomic E-state index is 4.53. The zero-order chi connectivity index (χ0) is 13.8. The average Bonchev–Trinajstić information content (AvgIpc) is 2.83. The van der Waals surface area contributed by atoms with Crippen LogP contribution in [0.2, 0.25) is 0 Å². The fraction of sp³-hybridized carbons (Fsp3) is 0.357. The number of pyridine rings is 1. The molecule has 0 aromatic carbocycles. The summed E-state index contributed by atoms with van der Waals surface area (Å²) in [5.41, 5.74) is 1.23. The summed E-state index contributed by atoms with van der Waals surface area (Å²) in [6.07, 6.45) is 1.85. The molecule has 0 saturated heterocycles. The Kier molecular flexibility index (Phi) is 4.96. The van der Waals surface area contributed by atoms with Crippen LogP contribution >= 0.6 is 27.3 Å². The Morgan fingerprint density at radius 3 is 2.95 bits per heavy atom. The molecule has 0 fully saturated rings. The fourth-order valence-electron chi connectivity index (χ4n) is 1.97. The van der Waals surface area contributed by atoms with E-state index in [1.54, 1.807) is 11.3 Å². The van der Waals surface area contributed by atoms with Gasteiger partial charge in [-0.1, -0.05) is 6.07 Å². The monoisotopic (exact) mass is 339 g/mol. The molecule has 19 heavy (non-hydrogen) atoms. The lowest BCUT2D eigenvalue weighted by molar-refractivity contribution is 0.646. The van der Waals surface area contributed by atoms with Crippen molar-refractivity contribution in [2.45, 2.75) is 19.5 Å². The molecule has 0 amide bonds. The van der Waals surface area contributed by atoms with E-state index < -0.39 is 0 Å². The van der Waals surface area contributed by atoms with E-state index in [4.69, 9.17) is 0 Å². The van der Waals surface area contributed by atoms with Crippen molar-refractivity contribution in [2.24, 2.45) is 0 Å². The summed E-state index contributed by atoms with van der Waals surface area (Å²) in [5, 5.41) is 5.38. The highest BCUT2D eigenvalue weighted by atomic mass is 79.9. The quantitative estimate of drug-likeness (QED) is 0.897. The standard InChI is InChI=1S/C14H18BrN3S/c1-10(16-2)13-5-4-6-17-14(13)18(3)8-12-7-11(15)9-19-12/h4-7,9-10,16H,8H2,1-3H3. The van der Waals surface area contributed by atoms with E-state index in [9.17, 15) is 0 Å². The Morgan fingerprint density at radius 2 is 2.32 bits per heavy atom. The van der Waals surface area contributed by atoms with Crippen LogP contribution in [0.1, 0.15) is 23.4 Å². The maximum absolute atomic E-state index is 4.53. The number of halogens is 1. The third-order valence-electron chi connectivity index (χ3n) is 3.09. The van der Waals surface area contributed by atoms with Crippen LogP contribution in [-0.2, 0) is 6.54 Å². The van der Waals surface area contributed by atoms with E-state index in [1.165, 1.54) is 10.4 Å². The van der Waals surface area contributed by atoms with Gasteiger partial charge < -0.3 is 10.2 Å². The lowest BCUT2D eigenvalue weighted by Crippen LogP contribution is -2.22. The largest absolute Gasteiger partial charge is 0.354 e. The van der Waals surface area contributed by atoms with Gasteiger partial charge in [-0.25, -0.2) is 4.98 Å². The number of rotatable bonds is 5. The first-order chi connectivity index (χ1) is 9.11. The van der Waals surface area contributed by atoms with Crippen LogP contribution in [0.4, 0.5) is 5.82 Å². The summed E-state index contributed by atoms with van der Waals surface area (Å²) in [4.78, 5) is 8.05. The van der Waals surface area contributed by atoms with Gasteiger partial charge in [-0.3, -0.25) is 0 Å². The van der Waals surface area contributed by atoms with Gasteiger partial charge in [0.2, 0.25) is 0 Å². The van der Waals surface area contributed by atoms with Gasteiger partial charge in [0.1, 0.15) is 5.82 Å². The van der Waals surface area contributed by atoms with Crippen molar-refractivity contribution >= 4 is 33.1 Å². The van der Waals surface area contributed by atoms with Crippen LogP contribution in [0.15, 0.2) is 34.2 Å². The molecule has 2 aromatic rings. The molecule has 102 valence electrons. The zero-order valence-corrected chi connectivity index (χ0v) is 13.8. The summed E-state index contributed by atoms with van der Waals surface area (Å²) < 4.78 is 1.14. The number of aromatic nitrogens is 1. The summed E-state index contributed by atoms with van der Waals surface area (Å²) in [7, 11) is 4.06. The molecular weight excluding hydrogens is 322 g/mol. The van der Waals surface area contributed by atoms with Gasteiger partial charge in [0.25, 0.3) is 0 Å². The van der Waals surface area contributed by atoms with Crippen molar-refractivity contribution in [3.63, 3.8) is 0 Å². The number of hydrogen-bond acceptors (Lipinski definition) is 4. The third-order valence-corrected chi connectivity index (χ3v) is 4.78. The Balaban J connectivity index is 2.21. The highest BCUT2D eigenvalue weighted by Crippen LogP contribution is 2.26. The molecule has 2 heterocycles. The summed E-state index contributed by atoms with van der Waals surface area (Å²) >= 11 is 5.25. The van der Waals surface area contributed by atoms with Crippen LogP contribution in [0, 0.1) is 0 Å². The molecule has 2 aromatic heterocycles. The molecule has 1 N–H and O–H groups in total. The van der Waals surface area contributed by atoms with E-state index in [0.29, 0.717) is 6.04 Å². The van der Waals surface area contributed by atoms with Crippen molar-refractivity contribution in [1.82, 2.24) is 10.3 Å². The van der Waals surface area contributed by atoms with Crippen LogP contribution in [0.5, 0.6) is 0 Å². The summed E-state index contributed by atoms with van der Waals surface area (Å²) in [6.45, 7) is 3.02. The molecule has 1 unspecified atom stereocenters. The molecule has 0 bridgehead atoms. The maximum Gasteiger partial charge on any atom is 0.133 e. The Hall–Kier alpha value is -0.910. The summed E-state index contributed by atoms with van der Waals surface area (Å²) in [6, 6.07) is 6.57. The molecule has 0 aliphatic heterocycles. The van der Waals surface area contributed by atoms with Crippen LogP contribution in [0.3, 0.4) is 0 Å². The normalized spacial score (nSPS) is 12.4. The Bertz CT molecular complexity index is 541. The number of hydrogen-bond donors (Lipinski definition) is 1. The molecule has 0 spiro atoms. The first-order valence-corrected chi connectivity index (χ1v) is 7.85. The molecule has 0 radical (unpaired) electrons. The van der Waals surface area contributed by atoms with Gasteiger partial charge in [-0.2, -0.15) is 0 Å². The van der Waals surface area contributed by atoms with Crippen LogP contribution in [-0.4, -0.2) is 19.1 Å². The first kappa shape index (κ1) is 14.5. The Morgan fingerprint density at radius 1 is 1.53 bits per heavy atom. The third kappa shape index (κ3) is 3.55. The van der Waals surface area contributed by atoms with Crippen LogP contribution < -0.4 is 10.2 Å². The molecule has 0 saturated carbocycles. The van der Waals surface area contributed by atoms with E-state index >= 15 is 0 Å². The molecular formula is C14H18BrN3S. The van der Waals surface area contributed by atoms with Crippen molar-refractivity contribution in [3.05, 3.63) is 44.7 Å². The van der Waals surface area contributed by atoms with E-state index in [-0.39, 0.29) is 0 Å². The first-order valence-electron chi connectivity index (χ1n) is 6.18. The second-order valence-electron chi connectivity index (χ2n) is 4.51. The van der Waals surface area contributed by atoms with Crippen molar-refractivity contribution in [2.75, 3.05) is 19.0 Å². The molecule has 2 rings (SSSR count). The second-order valence-corrected chi connectivity index (χ2v) is 6.43. The lowest BCUT2D eigenvalue weighted by Gasteiger charge is -2.23. The molecule has 1 atom stereocenters. The number of nitrogens with one attached hydrogen (secondary N) is 1. The van der Waals surface area contributed by atoms with Gasteiger partial charge >= 0.3 is 0 Å². The second kappa shape index (κ2) is 6.50. The molecule has 5 heteroatoms. The van der Waals surface area contributed by atoms with Gasteiger partial charge in [-0.05, 0) is 42.0 Å². The SMILES string of the molecule is CNC(C)c1cccnc1N(C)Cc1cc(Br)cs1. The van der Waals surface area contributed by atoms with Crippen LogP contribution in [0.25, 0.3) is 0 Å². The minimum Gasteiger partial charge on any atom is -0.354 e. The highest BCUT2D eigenvalue weighted by Gasteiger charge is 2.13. The van der Waals surface area contributed by atoms with Gasteiger partial charge in [-0.15, -0.1) is 11.3 Å². The number of anilines is 1. The number of thiophene rings is 1. The molecule has 0 aliphatic rings. The van der Waals surface area contributed by atoms with E-state index in [1.807, 2.05) is 19.3 Å². The lowest BCUT2D eigenvalue weighted by atomic mass is 10.1.